The van der Waals surface area contributed by atoms with Gasteiger partial charge in [-0.3, -0.25) is 0 Å². The van der Waals surface area contributed by atoms with Crippen LogP contribution in [-0.4, -0.2) is 42.9 Å². The Balaban J connectivity index is 1.69. The number of piperidine rings is 1. The van der Waals surface area contributed by atoms with Crippen LogP contribution in [0, 0.1) is 23.1 Å². The Hall–Kier alpha value is -3.83. The predicted octanol–water partition coefficient (Wildman–Crippen LogP) is 5.25. The molecule has 0 atom stereocenters. The van der Waals surface area contributed by atoms with Crippen molar-refractivity contribution in [1.29, 1.82) is 5.26 Å². The first-order valence-corrected chi connectivity index (χ1v) is 12.7. The Morgan fingerprint density at radius 3 is 2.46 bits per heavy atom. The van der Waals surface area contributed by atoms with E-state index in [2.05, 4.69) is 4.90 Å². The summed E-state index contributed by atoms with van der Waals surface area (Å²) < 4.78 is 26.4. The van der Waals surface area contributed by atoms with Gasteiger partial charge in [-0.1, -0.05) is 18.6 Å². The number of nitrogens with zero attached hydrogens (tertiary/aromatic N) is 3. The van der Waals surface area contributed by atoms with E-state index in [9.17, 15) is 14.8 Å². The quantitative estimate of drug-likeness (QED) is 0.455. The van der Waals surface area contributed by atoms with E-state index < -0.39 is 5.82 Å². The highest BCUT2D eigenvalue weighted by molar-refractivity contribution is 5.87. The Bertz CT molecular complexity index is 1330. The molecule has 0 radical (unpaired) electrons. The number of methoxy groups -OCH3 is 1. The first-order chi connectivity index (χ1) is 18.0. The molecule has 2 aromatic carbocycles. The lowest BCUT2D eigenvalue weighted by atomic mass is 9.86. The van der Waals surface area contributed by atoms with Crippen molar-refractivity contribution < 1.29 is 19.0 Å². The minimum absolute atomic E-state index is 0.0176. The molecule has 3 aromatic rings. The maximum atomic E-state index is 14.8. The fourth-order valence-corrected chi connectivity index (χ4v) is 4.87. The third-order valence-electron chi connectivity index (χ3n) is 7.36. The van der Waals surface area contributed by atoms with Crippen LogP contribution < -0.4 is 20.1 Å². The largest absolute Gasteiger partial charge is 0.504 e. The van der Waals surface area contributed by atoms with Crippen molar-refractivity contribution in [1.82, 2.24) is 4.98 Å². The summed E-state index contributed by atoms with van der Waals surface area (Å²) in [6.07, 6.45) is 5.19. The van der Waals surface area contributed by atoms with E-state index in [0.717, 1.165) is 44.6 Å². The van der Waals surface area contributed by atoms with Crippen molar-refractivity contribution >= 4 is 5.82 Å². The molecule has 192 valence electrons. The van der Waals surface area contributed by atoms with Crippen LogP contribution in [0.25, 0.3) is 22.4 Å². The van der Waals surface area contributed by atoms with Crippen molar-refractivity contribution in [2.45, 2.75) is 38.1 Å². The second-order valence-electron chi connectivity index (χ2n) is 9.83. The molecule has 2 heterocycles. The Kier molecular flexibility index (Phi) is 7.15. The highest BCUT2D eigenvalue weighted by Gasteiger charge is 2.25. The zero-order valence-electron chi connectivity index (χ0n) is 20.9. The third kappa shape index (κ3) is 5.18. The second-order valence-corrected chi connectivity index (χ2v) is 9.83. The van der Waals surface area contributed by atoms with Gasteiger partial charge in [0.25, 0.3) is 0 Å². The monoisotopic (exact) mass is 502 g/mol. The molecule has 1 saturated heterocycles. The number of anilines is 1. The average molecular weight is 503 g/mol. The topological polar surface area (TPSA) is 105 Å². The van der Waals surface area contributed by atoms with E-state index in [1.807, 2.05) is 18.2 Å². The minimum Gasteiger partial charge on any atom is -0.504 e. The van der Waals surface area contributed by atoms with Gasteiger partial charge in [-0.15, -0.1) is 0 Å². The molecule has 0 bridgehead atoms. The number of phenolic OH excluding ortho intramolecular Hbond substituents is 1. The number of halogens is 1. The van der Waals surface area contributed by atoms with Crippen LogP contribution in [0.2, 0.25) is 0 Å². The second kappa shape index (κ2) is 10.7. The fourth-order valence-electron chi connectivity index (χ4n) is 4.87. The summed E-state index contributed by atoms with van der Waals surface area (Å²) >= 11 is 0. The van der Waals surface area contributed by atoms with E-state index in [0.29, 0.717) is 46.4 Å². The van der Waals surface area contributed by atoms with Crippen LogP contribution in [0.15, 0.2) is 42.5 Å². The third-order valence-corrected chi connectivity index (χ3v) is 7.36. The molecule has 0 spiro atoms. The van der Waals surface area contributed by atoms with Gasteiger partial charge in [-0.25, -0.2) is 9.37 Å². The molecule has 8 heteroatoms. The first-order valence-electron chi connectivity index (χ1n) is 12.7. The number of aromatic hydroxyl groups is 1. The van der Waals surface area contributed by atoms with Crippen LogP contribution in [0.1, 0.15) is 37.7 Å². The molecule has 5 rings (SSSR count). The van der Waals surface area contributed by atoms with Crippen molar-refractivity contribution in [3.8, 4) is 45.7 Å². The van der Waals surface area contributed by atoms with Crippen LogP contribution in [-0.2, 0) is 0 Å². The molecule has 37 heavy (non-hydrogen) atoms. The Labute approximate surface area is 216 Å². The summed E-state index contributed by atoms with van der Waals surface area (Å²) in [5, 5.41) is 19.8. The predicted molar refractivity (Wildman–Crippen MR) is 140 cm³/mol. The number of hydrogen-bond acceptors (Lipinski definition) is 7. The number of benzene rings is 2. The van der Waals surface area contributed by atoms with Crippen LogP contribution in [0.4, 0.5) is 10.2 Å². The number of hydrogen-bond donors (Lipinski definition) is 2. The smallest absolute Gasteiger partial charge is 0.160 e. The highest BCUT2D eigenvalue weighted by atomic mass is 19.1. The number of rotatable bonds is 7. The van der Waals surface area contributed by atoms with Crippen LogP contribution >= 0.6 is 0 Å². The van der Waals surface area contributed by atoms with Gasteiger partial charge in [-0.05, 0) is 61.4 Å². The maximum Gasteiger partial charge on any atom is 0.160 e. The van der Waals surface area contributed by atoms with Crippen molar-refractivity contribution in [3.05, 3.63) is 53.8 Å². The highest BCUT2D eigenvalue weighted by Crippen LogP contribution is 2.44. The van der Waals surface area contributed by atoms with E-state index in [1.165, 1.54) is 25.7 Å². The van der Waals surface area contributed by atoms with Gasteiger partial charge in [0.05, 0.1) is 30.5 Å². The van der Waals surface area contributed by atoms with Gasteiger partial charge in [0.2, 0.25) is 0 Å². The average Bonchev–Trinajstić information content (AvgIpc) is 2.87. The van der Waals surface area contributed by atoms with Gasteiger partial charge < -0.3 is 25.2 Å². The molecule has 2 aliphatic rings. The molecule has 0 unspecified atom stereocenters. The number of pyridine rings is 1. The summed E-state index contributed by atoms with van der Waals surface area (Å²) in [6, 6.07) is 13.6. The summed E-state index contributed by atoms with van der Waals surface area (Å²) in [4.78, 5) is 7.18. The lowest BCUT2D eigenvalue weighted by Gasteiger charge is -2.32. The molecule has 1 aliphatic heterocycles. The molecule has 1 saturated carbocycles. The standard InChI is InChI=1S/C29H31FN4O3/c1-36-25-8-7-19(14-24(25)35)28-26(37-17-18-3-2-4-18)15-27(34-11-9-22(32)10-12-34)33-29(28)20-5-6-21(16-31)23(30)13-20/h5-8,13-15,18,22,35H,2-4,9-12,17,32H2,1H3. The number of phenols is 1. The molecule has 0 amide bonds. The van der Waals surface area contributed by atoms with Crippen molar-refractivity contribution in [2.24, 2.45) is 11.7 Å². The number of aromatic nitrogens is 1. The zero-order chi connectivity index (χ0) is 25.9. The SMILES string of the molecule is COc1ccc(-c2c(OCC3CCC3)cc(N3CCC(N)CC3)nc2-c2ccc(C#N)c(F)c2)cc1O. The van der Waals surface area contributed by atoms with Crippen LogP contribution in [0.5, 0.6) is 17.2 Å². The molecular formula is C29H31FN4O3. The fraction of sp³-hybridized carbons (Fsp3) is 0.379. The summed E-state index contributed by atoms with van der Waals surface area (Å²) in [7, 11) is 1.49. The summed E-state index contributed by atoms with van der Waals surface area (Å²) in [5.41, 5.74) is 8.46. The molecule has 2 fully saturated rings. The van der Waals surface area contributed by atoms with Crippen LogP contribution in [0.3, 0.4) is 0 Å². The maximum absolute atomic E-state index is 14.8. The van der Waals surface area contributed by atoms with Crippen molar-refractivity contribution in [2.75, 3.05) is 31.7 Å². The van der Waals surface area contributed by atoms with E-state index in [4.69, 9.17) is 20.2 Å². The van der Waals surface area contributed by atoms with E-state index in [-0.39, 0.29) is 17.4 Å². The number of nitriles is 1. The van der Waals surface area contributed by atoms with Gasteiger partial charge >= 0.3 is 0 Å². The van der Waals surface area contributed by atoms with Gasteiger partial charge in [-0.2, -0.15) is 5.26 Å². The van der Waals surface area contributed by atoms with Gasteiger partial charge in [0.15, 0.2) is 11.5 Å². The van der Waals surface area contributed by atoms with E-state index in [1.54, 1.807) is 18.2 Å². The van der Waals surface area contributed by atoms with E-state index >= 15 is 0 Å². The van der Waals surface area contributed by atoms with Crippen molar-refractivity contribution in [3.63, 3.8) is 0 Å². The molecular weight excluding hydrogens is 471 g/mol. The number of nitrogens with two attached hydrogens (primary N) is 1. The molecule has 1 aromatic heterocycles. The molecule has 1 aliphatic carbocycles. The normalized spacial score (nSPS) is 16.2. The lowest BCUT2D eigenvalue weighted by molar-refractivity contribution is 0.181. The Morgan fingerprint density at radius 2 is 1.84 bits per heavy atom. The molecule has 3 N–H and O–H groups in total. The lowest BCUT2D eigenvalue weighted by Crippen LogP contribution is -2.40. The summed E-state index contributed by atoms with van der Waals surface area (Å²) in [5.74, 6) is 1.57. The first kappa shape index (κ1) is 24.8. The minimum atomic E-state index is -0.614. The van der Waals surface area contributed by atoms with Gasteiger partial charge in [0.1, 0.15) is 23.5 Å². The summed E-state index contributed by atoms with van der Waals surface area (Å²) in [6.45, 7) is 2.10. The Morgan fingerprint density at radius 1 is 1.08 bits per heavy atom. The molecule has 7 nitrogen and oxygen atoms in total. The van der Waals surface area contributed by atoms with Gasteiger partial charge in [0, 0.05) is 30.8 Å². The zero-order valence-corrected chi connectivity index (χ0v) is 20.9. The number of ether oxygens (including phenoxy) is 2.